The van der Waals surface area contributed by atoms with E-state index in [1.807, 2.05) is 32.8 Å². The predicted octanol–water partition coefficient (Wildman–Crippen LogP) is 3.44. The summed E-state index contributed by atoms with van der Waals surface area (Å²) >= 11 is 0. The first-order valence-corrected chi connectivity index (χ1v) is 10.0. The molecule has 30 heavy (non-hydrogen) atoms. The largest absolute Gasteiger partial charge is 0.507 e. The fraction of sp³-hybridized carbons (Fsp3) is 0.391. The molecule has 1 N–H and O–H groups in total. The van der Waals surface area contributed by atoms with Crippen molar-refractivity contribution in [1.29, 1.82) is 0 Å². The summed E-state index contributed by atoms with van der Waals surface area (Å²) in [6.07, 6.45) is 2.21. The van der Waals surface area contributed by atoms with Gasteiger partial charge in [-0.3, -0.25) is 9.59 Å². The Morgan fingerprint density at radius 3 is 2.47 bits per heavy atom. The number of aliphatic hydroxyl groups is 1. The number of furan rings is 1. The lowest BCUT2D eigenvalue weighted by molar-refractivity contribution is -0.140. The molecule has 1 amide bonds. The molecule has 7 nitrogen and oxygen atoms in total. The van der Waals surface area contributed by atoms with Crippen LogP contribution in [0.25, 0.3) is 5.76 Å². The van der Waals surface area contributed by atoms with E-state index in [4.69, 9.17) is 9.15 Å². The molecule has 0 aliphatic carbocycles. The first-order valence-electron chi connectivity index (χ1n) is 10.0. The van der Waals surface area contributed by atoms with Gasteiger partial charge in [-0.15, -0.1) is 0 Å². The van der Waals surface area contributed by atoms with Gasteiger partial charge >= 0.3 is 0 Å². The number of aliphatic hydroxyl groups excluding tert-OH is 1. The number of benzene rings is 1. The second kappa shape index (κ2) is 9.17. The van der Waals surface area contributed by atoms with E-state index in [2.05, 4.69) is 0 Å². The zero-order chi connectivity index (χ0) is 21.8. The van der Waals surface area contributed by atoms with Crippen molar-refractivity contribution < 1.29 is 23.8 Å². The van der Waals surface area contributed by atoms with Crippen LogP contribution in [0.1, 0.15) is 37.6 Å². The van der Waals surface area contributed by atoms with E-state index in [-0.39, 0.29) is 17.4 Å². The van der Waals surface area contributed by atoms with Crippen LogP contribution < -0.4 is 4.74 Å². The van der Waals surface area contributed by atoms with Gasteiger partial charge in [-0.2, -0.15) is 0 Å². The standard InChI is InChI=1S/C23H28N2O5/c1-15(2)30-17-10-8-16(9-11-17)21(26)19-20(18-7-5-14-29-18)25(23(28)22(19)27)13-6-12-24(3)4/h5,7-11,14-15,20,26H,6,12-13H2,1-4H3/t20-/m1/s1. The van der Waals surface area contributed by atoms with E-state index in [1.165, 1.54) is 11.2 Å². The van der Waals surface area contributed by atoms with Crippen molar-refractivity contribution in [3.05, 3.63) is 59.6 Å². The molecule has 3 rings (SSSR count). The molecule has 0 unspecified atom stereocenters. The molecule has 1 aromatic heterocycles. The summed E-state index contributed by atoms with van der Waals surface area (Å²) in [6.45, 7) is 5.00. The molecule has 1 saturated heterocycles. The maximum Gasteiger partial charge on any atom is 0.295 e. The molecule has 1 aliphatic rings. The molecule has 7 heteroatoms. The minimum absolute atomic E-state index is 0.0240. The summed E-state index contributed by atoms with van der Waals surface area (Å²) in [5, 5.41) is 11.0. The Morgan fingerprint density at radius 1 is 1.20 bits per heavy atom. The minimum atomic E-state index is -0.756. The van der Waals surface area contributed by atoms with Gasteiger partial charge in [0.15, 0.2) is 0 Å². The van der Waals surface area contributed by atoms with Gasteiger partial charge in [0.05, 0.1) is 17.9 Å². The molecule has 1 aromatic carbocycles. The minimum Gasteiger partial charge on any atom is -0.507 e. The highest BCUT2D eigenvalue weighted by molar-refractivity contribution is 6.46. The summed E-state index contributed by atoms with van der Waals surface area (Å²) < 4.78 is 11.2. The van der Waals surface area contributed by atoms with Gasteiger partial charge in [0.2, 0.25) is 0 Å². The van der Waals surface area contributed by atoms with E-state index in [0.717, 1.165) is 6.54 Å². The first kappa shape index (κ1) is 21.6. The van der Waals surface area contributed by atoms with E-state index in [9.17, 15) is 14.7 Å². The van der Waals surface area contributed by atoms with Crippen LogP contribution >= 0.6 is 0 Å². The Hall–Kier alpha value is -3.06. The normalized spacial score (nSPS) is 18.6. The summed E-state index contributed by atoms with van der Waals surface area (Å²) in [7, 11) is 3.90. The van der Waals surface area contributed by atoms with Crippen molar-refractivity contribution in [2.45, 2.75) is 32.4 Å². The van der Waals surface area contributed by atoms with Crippen molar-refractivity contribution >= 4 is 17.4 Å². The van der Waals surface area contributed by atoms with Crippen molar-refractivity contribution in [2.75, 3.05) is 27.2 Å². The van der Waals surface area contributed by atoms with Gasteiger partial charge in [0.1, 0.15) is 23.3 Å². The third-order valence-electron chi connectivity index (χ3n) is 4.86. The monoisotopic (exact) mass is 412 g/mol. The number of hydrogen-bond donors (Lipinski definition) is 1. The topological polar surface area (TPSA) is 83.2 Å². The molecule has 0 saturated carbocycles. The third-order valence-corrected chi connectivity index (χ3v) is 4.86. The van der Waals surface area contributed by atoms with E-state index in [1.54, 1.807) is 36.4 Å². The average molecular weight is 412 g/mol. The number of amides is 1. The van der Waals surface area contributed by atoms with Gasteiger partial charge in [0, 0.05) is 12.1 Å². The highest BCUT2D eigenvalue weighted by Crippen LogP contribution is 2.39. The highest BCUT2D eigenvalue weighted by Gasteiger charge is 2.47. The number of likely N-dealkylation sites (tertiary alicyclic amines) is 1. The molecule has 1 fully saturated rings. The lowest BCUT2D eigenvalue weighted by Gasteiger charge is -2.24. The van der Waals surface area contributed by atoms with Gasteiger partial charge in [0.25, 0.3) is 11.7 Å². The smallest absolute Gasteiger partial charge is 0.295 e. The number of ketones is 1. The number of hydrogen-bond acceptors (Lipinski definition) is 6. The second-order valence-corrected chi connectivity index (χ2v) is 7.86. The lowest BCUT2D eigenvalue weighted by Crippen LogP contribution is -2.32. The van der Waals surface area contributed by atoms with Crippen LogP contribution in [-0.4, -0.2) is 59.9 Å². The summed E-state index contributed by atoms with van der Waals surface area (Å²) in [5.74, 6) is -0.452. The summed E-state index contributed by atoms with van der Waals surface area (Å²) in [6, 6.07) is 9.45. The molecule has 0 spiro atoms. The van der Waals surface area contributed by atoms with E-state index < -0.39 is 17.7 Å². The number of carbonyl (C=O) groups excluding carboxylic acids is 2. The summed E-state index contributed by atoms with van der Waals surface area (Å²) in [4.78, 5) is 29.1. The summed E-state index contributed by atoms with van der Waals surface area (Å²) in [5.41, 5.74) is 0.478. The van der Waals surface area contributed by atoms with Gasteiger partial charge in [-0.25, -0.2) is 0 Å². The van der Waals surface area contributed by atoms with Crippen molar-refractivity contribution in [3.8, 4) is 5.75 Å². The quantitative estimate of drug-likeness (QED) is 0.406. The zero-order valence-corrected chi connectivity index (χ0v) is 17.8. The SMILES string of the molecule is CC(C)Oc1ccc(C(O)=C2C(=O)C(=O)N(CCCN(C)C)[C@@H]2c2ccco2)cc1. The Morgan fingerprint density at radius 2 is 1.90 bits per heavy atom. The van der Waals surface area contributed by atoms with Gasteiger partial charge in [-0.05, 0) is 77.3 Å². The maximum absolute atomic E-state index is 12.9. The fourth-order valence-corrected chi connectivity index (χ4v) is 3.53. The molecule has 0 bridgehead atoms. The van der Waals surface area contributed by atoms with Crippen molar-refractivity contribution in [2.24, 2.45) is 0 Å². The zero-order valence-electron chi connectivity index (χ0n) is 17.8. The molecular formula is C23H28N2O5. The molecular weight excluding hydrogens is 384 g/mol. The number of carbonyl (C=O) groups is 2. The highest BCUT2D eigenvalue weighted by atomic mass is 16.5. The number of ether oxygens (including phenoxy) is 1. The van der Waals surface area contributed by atoms with Crippen molar-refractivity contribution in [3.63, 3.8) is 0 Å². The fourth-order valence-electron chi connectivity index (χ4n) is 3.53. The van der Waals surface area contributed by atoms with Crippen LogP contribution in [0.15, 0.2) is 52.7 Å². The average Bonchev–Trinajstić information content (AvgIpc) is 3.30. The molecule has 1 atom stereocenters. The molecule has 2 heterocycles. The Kier molecular flexibility index (Phi) is 6.62. The first-order chi connectivity index (χ1) is 14.3. The number of Topliss-reactive ketones (excluding diaryl/α,β-unsaturated/α-hetero) is 1. The molecule has 2 aromatic rings. The van der Waals surface area contributed by atoms with E-state index in [0.29, 0.717) is 30.0 Å². The van der Waals surface area contributed by atoms with Crippen LogP contribution in [0.2, 0.25) is 0 Å². The Balaban J connectivity index is 1.97. The Labute approximate surface area is 176 Å². The molecule has 160 valence electrons. The molecule has 0 radical (unpaired) electrons. The molecule has 1 aliphatic heterocycles. The predicted molar refractivity (Wildman–Crippen MR) is 113 cm³/mol. The van der Waals surface area contributed by atoms with Crippen LogP contribution in [0.3, 0.4) is 0 Å². The van der Waals surface area contributed by atoms with E-state index >= 15 is 0 Å². The van der Waals surface area contributed by atoms with Crippen molar-refractivity contribution in [1.82, 2.24) is 9.80 Å². The van der Waals surface area contributed by atoms with Gasteiger partial charge in [-0.1, -0.05) is 0 Å². The number of nitrogens with zero attached hydrogens (tertiary/aromatic N) is 2. The second-order valence-electron chi connectivity index (χ2n) is 7.86. The van der Waals surface area contributed by atoms with Crippen LogP contribution in [-0.2, 0) is 9.59 Å². The number of rotatable bonds is 8. The van der Waals surface area contributed by atoms with Crippen LogP contribution in [0, 0.1) is 0 Å². The lowest BCUT2D eigenvalue weighted by atomic mass is 9.99. The van der Waals surface area contributed by atoms with Gasteiger partial charge < -0.3 is 24.1 Å². The maximum atomic E-state index is 12.9. The van der Waals surface area contributed by atoms with Crippen LogP contribution in [0.4, 0.5) is 0 Å². The third kappa shape index (κ3) is 4.57. The Bertz CT molecular complexity index is 914. The van der Waals surface area contributed by atoms with Crippen LogP contribution in [0.5, 0.6) is 5.75 Å².